The van der Waals surface area contributed by atoms with Gasteiger partial charge in [-0.2, -0.15) is 0 Å². The van der Waals surface area contributed by atoms with Crippen molar-refractivity contribution in [2.45, 2.75) is 31.6 Å². The average Bonchev–Trinajstić information content (AvgIpc) is 3.17. The molecule has 1 aromatic carbocycles. The summed E-state index contributed by atoms with van der Waals surface area (Å²) in [6, 6.07) is 8.24. The highest BCUT2D eigenvalue weighted by Gasteiger charge is 2.27. The number of carbonyl (C=O) groups is 2. The first-order valence-corrected chi connectivity index (χ1v) is 9.55. The second kappa shape index (κ2) is 10.6. The largest absolute Gasteiger partial charge is 0.497 e. The van der Waals surface area contributed by atoms with Crippen LogP contribution in [-0.2, 0) is 9.59 Å². The van der Waals surface area contributed by atoms with Gasteiger partial charge < -0.3 is 15.0 Å². The molecular weight excluding hydrogens is 471 g/mol. The maximum absolute atomic E-state index is 11.9. The Morgan fingerprint density at radius 1 is 1.21 bits per heavy atom. The molecule has 8 heteroatoms. The van der Waals surface area contributed by atoms with E-state index in [1.165, 1.54) is 10.5 Å². The van der Waals surface area contributed by atoms with Crippen LogP contribution < -0.4 is 10.1 Å². The van der Waals surface area contributed by atoms with Crippen LogP contribution in [0.15, 0.2) is 29.3 Å². The van der Waals surface area contributed by atoms with E-state index >= 15 is 0 Å². The minimum atomic E-state index is -0.0659. The number of nitrogens with one attached hydrogen (secondary N) is 1. The molecular formula is C20H29IN4O3. The molecule has 7 nitrogen and oxygen atoms in total. The third-order valence-corrected chi connectivity index (χ3v) is 5.29. The number of halogens is 1. The molecule has 2 amide bonds. The van der Waals surface area contributed by atoms with Crippen molar-refractivity contribution < 1.29 is 14.3 Å². The lowest BCUT2D eigenvalue weighted by atomic mass is 9.98. The van der Waals surface area contributed by atoms with Crippen molar-refractivity contribution in [3.8, 4) is 5.75 Å². The molecule has 2 heterocycles. The summed E-state index contributed by atoms with van der Waals surface area (Å²) in [5.41, 5.74) is 1.30. The number of likely N-dealkylation sites (tertiary alicyclic amines) is 2. The topological polar surface area (TPSA) is 74.2 Å². The van der Waals surface area contributed by atoms with Crippen LogP contribution in [0.5, 0.6) is 5.75 Å². The monoisotopic (exact) mass is 500 g/mol. The van der Waals surface area contributed by atoms with Crippen LogP contribution in [0.2, 0.25) is 0 Å². The third-order valence-electron chi connectivity index (χ3n) is 5.29. The third kappa shape index (κ3) is 5.36. The molecule has 1 unspecified atom stereocenters. The Labute approximate surface area is 183 Å². The molecule has 0 aliphatic carbocycles. The van der Waals surface area contributed by atoms with Gasteiger partial charge in [0, 0.05) is 52.0 Å². The lowest BCUT2D eigenvalue weighted by Crippen LogP contribution is -2.47. The summed E-state index contributed by atoms with van der Waals surface area (Å²) < 4.78 is 5.23. The quantitative estimate of drug-likeness (QED) is 0.291. The summed E-state index contributed by atoms with van der Waals surface area (Å²) in [5.74, 6) is 2.02. The van der Waals surface area contributed by atoms with Gasteiger partial charge in [-0.05, 0) is 30.5 Å². The van der Waals surface area contributed by atoms with Gasteiger partial charge in [-0.25, -0.2) is 0 Å². The number of methoxy groups -OCH3 is 1. The van der Waals surface area contributed by atoms with Gasteiger partial charge in [-0.15, -0.1) is 24.0 Å². The van der Waals surface area contributed by atoms with Gasteiger partial charge in [0.05, 0.1) is 7.11 Å². The smallest absolute Gasteiger partial charge is 0.229 e. The van der Waals surface area contributed by atoms with E-state index in [2.05, 4.69) is 27.3 Å². The highest BCUT2D eigenvalue weighted by molar-refractivity contribution is 14.0. The summed E-state index contributed by atoms with van der Waals surface area (Å²) in [6.07, 6.45) is 2.67. The Balaban J connectivity index is 0.00000280. The number of amides is 2. The molecule has 0 saturated carbocycles. The zero-order valence-electron chi connectivity index (χ0n) is 16.5. The van der Waals surface area contributed by atoms with E-state index < -0.39 is 0 Å². The normalized spacial score (nSPS) is 20.2. The Bertz CT molecular complexity index is 692. The lowest BCUT2D eigenvalue weighted by Gasteiger charge is -2.26. The molecule has 1 N–H and O–H groups in total. The predicted octanol–water partition coefficient (Wildman–Crippen LogP) is 2.22. The zero-order valence-corrected chi connectivity index (χ0v) is 18.8. The van der Waals surface area contributed by atoms with E-state index in [4.69, 9.17) is 4.74 Å². The number of hydrogen-bond donors (Lipinski definition) is 1. The van der Waals surface area contributed by atoms with Crippen molar-refractivity contribution in [3.63, 3.8) is 0 Å². The van der Waals surface area contributed by atoms with Gasteiger partial charge in [0.2, 0.25) is 11.8 Å². The molecule has 28 heavy (non-hydrogen) atoms. The van der Waals surface area contributed by atoms with Gasteiger partial charge in [0.15, 0.2) is 5.96 Å². The number of aliphatic imine (C=N–C) groups is 1. The van der Waals surface area contributed by atoms with Crippen molar-refractivity contribution >= 4 is 41.8 Å². The van der Waals surface area contributed by atoms with E-state index in [0.717, 1.165) is 31.2 Å². The van der Waals surface area contributed by atoms with Crippen molar-refractivity contribution in [3.05, 3.63) is 29.8 Å². The standard InChI is InChI=1S/C20H28N4O3.HI/c1-21-20(22-11-13-24-18(25)4-3-5-19(24)26)23-12-10-16(14-23)15-6-8-17(27-2)9-7-15;/h6-9,16H,3-5,10-14H2,1-2H3,(H,21,22);1H. The highest BCUT2D eigenvalue weighted by Crippen LogP contribution is 2.28. The summed E-state index contributed by atoms with van der Waals surface area (Å²) in [6.45, 7) is 2.74. The van der Waals surface area contributed by atoms with Crippen molar-refractivity contribution in [2.75, 3.05) is 40.3 Å². The Morgan fingerprint density at radius 2 is 1.89 bits per heavy atom. The number of rotatable bonds is 5. The van der Waals surface area contributed by atoms with Crippen LogP contribution in [0.4, 0.5) is 0 Å². The molecule has 2 aliphatic rings. The van der Waals surface area contributed by atoms with Crippen molar-refractivity contribution in [1.82, 2.24) is 15.1 Å². The molecule has 2 fully saturated rings. The molecule has 3 rings (SSSR count). The fraction of sp³-hybridized carbons (Fsp3) is 0.550. The molecule has 154 valence electrons. The van der Waals surface area contributed by atoms with Gasteiger partial charge in [-0.3, -0.25) is 19.5 Å². The first-order chi connectivity index (χ1) is 13.1. The minimum absolute atomic E-state index is 0. The highest BCUT2D eigenvalue weighted by atomic mass is 127. The maximum atomic E-state index is 11.9. The van der Waals surface area contributed by atoms with Gasteiger partial charge in [0.25, 0.3) is 0 Å². The second-order valence-corrected chi connectivity index (χ2v) is 6.97. The second-order valence-electron chi connectivity index (χ2n) is 6.97. The fourth-order valence-corrected chi connectivity index (χ4v) is 3.76. The van der Waals surface area contributed by atoms with Crippen LogP contribution >= 0.6 is 24.0 Å². The number of hydrogen-bond acceptors (Lipinski definition) is 4. The number of ether oxygens (including phenoxy) is 1. The molecule has 1 aromatic rings. The number of imide groups is 1. The number of guanidine groups is 1. The number of piperidine rings is 1. The Hall–Kier alpha value is -1.84. The predicted molar refractivity (Wildman–Crippen MR) is 119 cm³/mol. The van der Waals surface area contributed by atoms with E-state index in [9.17, 15) is 9.59 Å². The number of carbonyl (C=O) groups excluding carboxylic acids is 2. The van der Waals surface area contributed by atoms with Crippen LogP contribution in [0, 0.1) is 0 Å². The Morgan fingerprint density at radius 3 is 2.50 bits per heavy atom. The van der Waals surface area contributed by atoms with E-state index in [1.807, 2.05) is 12.1 Å². The van der Waals surface area contributed by atoms with Gasteiger partial charge in [-0.1, -0.05) is 12.1 Å². The summed E-state index contributed by atoms with van der Waals surface area (Å²) in [7, 11) is 3.44. The van der Waals surface area contributed by atoms with Crippen LogP contribution in [-0.4, -0.2) is 67.9 Å². The summed E-state index contributed by atoms with van der Waals surface area (Å²) >= 11 is 0. The molecule has 2 aliphatic heterocycles. The summed E-state index contributed by atoms with van der Waals surface area (Å²) in [4.78, 5) is 31.7. The molecule has 2 saturated heterocycles. The minimum Gasteiger partial charge on any atom is -0.497 e. The fourth-order valence-electron chi connectivity index (χ4n) is 3.76. The lowest BCUT2D eigenvalue weighted by molar-refractivity contribution is -0.147. The maximum Gasteiger partial charge on any atom is 0.229 e. The molecule has 0 aromatic heterocycles. The molecule has 0 radical (unpaired) electrons. The first-order valence-electron chi connectivity index (χ1n) is 9.55. The van der Waals surface area contributed by atoms with E-state index in [0.29, 0.717) is 38.3 Å². The van der Waals surface area contributed by atoms with Crippen LogP contribution in [0.25, 0.3) is 0 Å². The van der Waals surface area contributed by atoms with Gasteiger partial charge in [0.1, 0.15) is 5.75 Å². The average molecular weight is 500 g/mol. The van der Waals surface area contributed by atoms with Gasteiger partial charge >= 0.3 is 0 Å². The Kier molecular flexibility index (Phi) is 8.53. The summed E-state index contributed by atoms with van der Waals surface area (Å²) in [5, 5.41) is 3.30. The molecule has 0 spiro atoms. The van der Waals surface area contributed by atoms with E-state index in [-0.39, 0.29) is 35.8 Å². The number of nitrogens with zero attached hydrogens (tertiary/aromatic N) is 3. The first kappa shape index (κ1) is 22.4. The molecule has 1 atom stereocenters. The van der Waals surface area contributed by atoms with Crippen molar-refractivity contribution in [1.29, 1.82) is 0 Å². The SMILES string of the molecule is CN=C(NCCN1C(=O)CCCC1=O)N1CCC(c2ccc(OC)cc2)C1.I. The van der Waals surface area contributed by atoms with Crippen LogP contribution in [0.1, 0.15) is 37.2 Å². The van der Waals surface area contributed by atoms with Crippen LogP contribution in [0.3, 0.4) is 0 Å². The number of benzene rings is 1. The molecule has 0 bridgehead atoms. The zero-order chi connectivity index (χ0) is 19.2. The van der Waals surface area contributed by atoms with Crippen molar-refractivity contribution in [2.24, 2.45) is 4.99 Å². The van der Waals surface area contributed by atoms with E-state index in [1.54, 1.807) is 14.2 Å².